The molecule has 2 amide bonds. The molecular weight excluding hydrogens is 280 g/mol. The second kappa shape index (κ2) is 7.25. The molecule has 0 aliphatic heterocycles. The maximum absolute atomic E-state index is 12.1. The van der Waals surface area contributed by atoms with Gasteiger partial charge in [0.15, 0.2) is 0 Å². The third-order valence-corrected chi connectivity index (χ3v) is 3.66. The Morgan fingerprint density at radius 3 is 2.90 bits per heavy atom. The first-order valence-corrected chi connectivity index (χ1v) is 7.46. The Morgan fingerprint density at radius 2 is 2.30 bits per heavy atom. The van der Waals surface area contributed by atoms with Crippen LogP contribution in [0.15, 0.2) is 16.8 Å². The molecule has 1 aromatic heterocycles. The van der Waals surface area contributed by atoms with E-state index in [4.69, 9.17) is 9.84 Å². The summed E-state index contributed by atoms with van der Waals surface area (Å²) in [4.78, 5) is 24.2. The molecule has 0 unspecified atom stereocenters. The summed E-state index contributed by atoms with van der Waals surface area (Å²) < 4.78 is 4.88. The number of urea groups is 1. The molecule has 2 rings (SSSR count). The highest BCUT2D eigenvalue weighted by Gasteiger charge is 2.32. The fourth-order valence-electron chi connectivity index (χ4n) is 1.82. The van der Waals surface area contributed by atoms with Crippen LogP contribution < -0.4 is 5.32 Å². The van der Waals surface area contributed by atoms with E-state index in [1.165, 1.54) is 0 Å². The van der Waals surface area contributed by atoms with Crippen molar-refractivity contribution in [1.29, 1.82) is 0 Å². The van der Waals surface area contributed by atoms with Gasteiger partial charge in [-0.2, -0.15) is 11.3 Å². The van der Waals surface area contributed by atoms with Crippen molar-refractivity contribution >= 4 is 23.3 Å². The minimum atomic E-state index is -1.01. The zero-order chi connectivity index (χ0) is 14.4. The molecule has 1 aliphatic carbocycles. The summed E-state index contributed by atoms with van der Waals surface area (Å²) in [5, 5.41) is 15.2. The number of nitrogens with one attached hydrogen (secondary N) is 1. The first-order chi connectivity index (χ1) is 9.66. The molecule has 20 heavy (non-hydrogen) atoms. The predicted molar refractivity (Wildman–Crippen MR) is 74.7 cm³/mol. The number of ether oxygens (including phenoxy) is 1. The Morgan fingerprint density at radius 1 is 1.50 bits per heavy atom. The van der Waals surface area contributed by atoms with Gasteiger partial charge in [0, 0.05) is 19.1 Å². The lowest BCUT2D eigenvalue weighted by Gasteiger charge is -2.22. The smallest absolute Gasteiger partial charge is 0.329 e. The first-order valence-electron chi connectivity index (χ1n) is 6.52. The van der Waals surface area contributed by atoms with E-state index in [-0.39, 0.29) is 19.2 Å². The lowest BCUT2D eigenvalue weighted by atomic mass is 10.3. The third-order valence-electron chi connectivity index (χ3n) is 2.93. The zero-order valence-electron chi connectivity index (χ0n) is 11.1. The highest BCUT2D eigenvalue weighted by molar-refractivity contribution is 7.07. The summed E-state index contributed by atoms with van der Waals surface area (Å²) in [7, 11) is 0. The Labute approximate surface area is 121 Å². The van der Waals surface area contributed by atoms with Crippen LogP contribution in [0.2, 0.25) is 0 Å². The number of carbonyl (C=O) groups is 2. The molecule has 7 heteroatoms. The van der Waals surface area contributed by atoms with Crippen LogP contribution in [0.25, 0.3) is 0 Å². The molecule has 6 nitrogen and oxygen atoms in total. The van der Waals surface area contributed by atoms with E-state index in [2.05, 4.69) is 5.32 Å². The molecule has 0 radical (unpaired) electrons. The maximum atomic E-state index is 12.1. The molecule has 0 atom stereocenters. The topological polar surface area (TPSA) is 78.9 Å². The number of amides is 2. The monoisotopic (exact) mass is 298 g/mol. The fraction of sp³-hybridized carbons (Fsp3) is 0.538. The fourth-order valence-corrected chi connectivity index (χ4v) is 2.48. The van der Waals surface area contributed by atoms with Crippen molar-refractivity contribution in [3.63, 3.8) is 0 Å². The number of carboxylic acids is 1. The predicted octanol–water partition coefficient (Wildman–Crippen LogP) is 1.52. The molecule has 0 bridgehead atoms. The van der Waals surface area contributed by atoms with Crippen LogP contribution in [-0.4, -0.2) is 47.8 Å². The van der Waals surface area contributed by atoms with Crippen LogP contribution in [0, 0.1) is 0 Å². The number of aliphatic carboxylic acids is 1. The van der Waals surface area contributed by atoms with Crippen LogP contribution in [0.1, 0.15) is 18.4 Å². The average molecular weight is 298 g/mol. The lowest BCUT2D eigenvalue weighted by molar-refractivity contribution is -0.142. The van der Waals surface area contributed by atoms with Crippen LogP contribution in [0.4, 0.5) is 4.79 Å². The summed E-state index contributed by atoms with van der Waals surface area (Å²) in [6.07, 6.45) is 2.10. The SMILES string of the molecule is O=C(O)COCCNC(=O)N(Cc1ccsc1)C1CC1. The number of rotatable bonds is 8. The van der Waals surface area contributed by atoms with Gasteiger partial charge in [0.05, 0.1) is 6.61 Å². The van der Waals surface area contributed by atoms with Crippen molar-refractivity contribution in [2.24, 2.45) is 0 Å². The third kappa shape index (κ3) is 4.82. The minimum absolute atomic E-state index is 0.113. The molecule has 1 aliphatic rings. The maximum Gasteiger partial charge on any atom is 0.329 e. The van der Waals surface area contributed by atoms with Gasteiger partial charge in [0.1, 0.15) is 6.61 Å². The van der Waals surface area contributed by atoms with Gasteiger partial charge < -0.3 is 20.1 Å². The highest BCUT2D eigenvalue weighted by Crippen LogP contribution is 2.28. The molecule has 0 saturated heterocycles. The number of hydrogen-bond donors (Lipinski definition) is 2. The van der Waals surface area contributed by atoms with Crippen LogP contribution in [0.3, 0.4) is 0 Å². The molecule has 2 N–H and O–H groups in total. The van der Waals surface area contributed by atoms with Crippen LogP contribution in [-0.2, 0) is 16.1 Å². The van der Waals surface area contributed by atoms with E-state index in [1.807, 2.05) is 21.7 Å². The van der Waals surface area contributed by atoms with E-state index < -0.39 is 5.97 Å². The largest absolute Gasteiger partial charge is 0.480 e. The molecule has 0 aromatic carbocycles. The average Bonchev–Trinajstić information content (AvgIpc) is 3.12. The summed E-state index contributed by atoms with van der Waals surface area (Å²) in [5.41, 5.74) is 1.14. The molecule has 110 valence electrons. The van der Waals surface area contributed by atoms with Gasteiger partial charge in [-0.25, -0.2) is 9.59 Å². The van der Waals surface area contributed by atoms with Crippen molar-refractivity contribution < 1.29 is 19.4 Å². The Hall–Kier alpha value is -1.60. The van der Waals surface area contributed by atoms with Gasteiger partial charge in [-0.1, -0.05) is 0 Å². The van der Waals surface area contributed by atoms with Gasteiger partial charge in [0.25, 0.3) is 0 Å². The quantitative estimate of drug-likeness (QED) is 0.713. The standard InChI is InChI=1S/C13H18N2O4S/c16-12(17)8-19-5-4-14-13(18)15(11-1-2-11)7-10-3-6-20-9-10/h3,6,9,11H,1-2,4-5,7-8H2,(H,14,18)(H,16,17). The van der Waals surface area contributed by atoms with Gasteiger partial charge >= 0.3 is 12.0 Å². The zero-order valence-corrected chi connectivity index (χ0v) is 11.9. The van der Waals surface area contributed by atoms with Crippen molar-refractivity contribution in [2.75, 3.05) is 19.8 Å². The van der Waals surface area contributed by atoms with Gasteiger partial charge in [0.2, 0.25) is 0 Å². The van der Waals surface area contributed by atoms with Gasteiger partial charge in [-0.15, -0.1) is 0 Å². The van der Waals surface area contributed by atoms with E-state index in [0.29, 0.717) is 19.1 Å². The van der Waals surface area contributed by atoms with Gasteiger partial charge in [-0.3, -0.25) is 0 Å². The molecule has 0 spiro atoms. The van der Waals surface area contributed by atoms with Crippen LogP contribution in [0.5, 0.6) is 0 Å². The summed E-state index contributed by atoms with van der Waals surface area (Å²) in [6, 6.07) is 2.23. The van der Waals surface area contributed by atoms with E-state index in [0.717, 1.165) is 18.4 Å². The Kier molecular flexibility index (Phi) is 5.37. The lowest BCUT2D eigenvalue weighted by Crippen LogP contribution is -2.42. The van der Waals surface area contributed by atoms with Crippen molar-refractivity contribution in [3.05, 3.63) is 22.4 Å². The second-order valence-corrected chi connectivity index (χ2v) is 5.45. The number of nitrogens with zero attached hydrogens (tertiary/aromatic N) is 1. The minimum Gasteiger partial charge on any atom is -0.480 e. The van der Waals surface area contributed by atoms with Crippen molar-refractivity contribution in [2.45, 2.75) is 25.4 Å². The molecular formula is C13H18N2O4S. The number of thiophene rings is 1. The normalized spacial score (nSPS) is 14.0. The van der Waals surface area contributed by atoms with E-state index >= 15 is 0 Å². The van der Waals surface area contributed by atoms with E-state index in [9.17, 15) is 9.59 Å². The first kappa shape index (κ1) is 14.8. The summed E-state index contributed by atoms with van der Waals surface area (Å²) in [5.74, 6) is -1.01. The van der Waals surface area contributed by atoms with Crippen LogP contribution >= 0.6 is 11.3 Å². The molecule has 1 saturated carbocycles. The number of carboxylic acid groups (broad SMARTS) is 1. The molecule has 1 aromatic rings. The number of carbonyl (C=O) groups excluding carboxylic acids is 1. The summed E-state index contributed by atoms with van der Waals surface area (Å²) >= 11 is 1.62. The van der Waals surface area contributed by atoms with Crippen molar-refractivity contribution in [3.8, 4) is 0 Å². The molecule has 1 fully saturated rings. The van der Waals surface area contributed by atoms with Gasteiger partial charge in [-0.05, 0) is 35.2 Å². The Balaban J connectivity index is 1.72. The summed E-state index contributed by atoms with van der Waals surface area (Å²) in [6.45, 7) is 0.807. The highest BCUT2D eigenvalue weighted by atomic mass is 32.1. The van der Waals surface area contributed by atoms with Crippen molar-refractivity contribution in [1.82, 2.24) is 10.2 Å². The number of hydrogen-bond acceptors (Lipinski definition) is 4. The van der Waals surface area contributed by atoms with E-state index in [1.54, 1.807) is 11.3 Å². The Bertz CT molecular complexity index is 445. The molecule has 1 heterocycles. The second-order valence-electron chi connectivity index (χ2n) is 4.67.